The van der Waals surface area contributed by atoms with Crippen LogP contribution in [0.2, 0.25) is 0 Å². The normalized spacial score (nSPS) is 22.8. The van der Waals surface area contributed by atoms with Crippen LogP contribution in [0.5, 0.6) is 5.75 Å². The minimum absolute atomic E-state index is 0.211. The highest BCUT2D eigenvalue weighted by Gasteiger charge is 2.69. The van der Waals surface area contributed by atoms with E-state index in [1.807, 2.05) is 18.2 Å². The monoisotopic (exact) mass is 391 g/mol. The summed E-state index contributed by atoms with van der Waals surface area (Å²) < 4.78 is 10.6. The molecule has 1 amide bonds. The summed E-state index contributed by atoms with van der Waals surface area (Å²) in [5, 5.41) is 0. The van der Waals surface area contributed by atoms with Gasteiger partial charge in [0, 0.05) is 18.2 Å². The third kappa shape index (κ3) is 2.75. The Balaban J connectivity index is 1.76. The lowest BCUT2D eigenvalue weighted by atomic mass is 9.82. The van der Waals surface area contributed by atoms with Gasteiger partial charge in [0.2, 0.25) is 5.78 Å². The summed E-state index contributed by atoms with van der Waals surface area (Å²) in [6.07, 6.45) is 1.25. The van der Waals surface area contributed by atoms with Gasteiger partial charge in [0.1, 0.15) is 11.3 Å². The second-order valence-corrected chi connectivity index (χ2v) is 7.65. The van der Waals surface area contributed by atoms with Crippen molar-refractivity contribution in [2.45, 2.75) is 31.5 Å². The number of amides is 1. The van der Waals surface area contributed by atoms with Crippen LogP contribution < -0.4 is 4.74 Å². The van der Waals surface area contributed by atoms with Gasteiger partial charge in [-0.05, 0) is 37.1 Å². The molecule has 1 saturated heterocycles. The van der Waals surface area contributed by atoms with Crippen LogP contribution in [-0.2, 0) is 25.7 Å². The van der Waals surface area contributed by atoms with Crippen LogP contribution in [0, 0.1) is 0 Å². The maximum absolute atomic E-state index is 13.6. The zero-order chi connectivity index (χ0) is 20.8. The molecule has 4 rings (SSSR count). The van der Waals surface area contributed by atoms with Crippen molar-refractivity contribution in [1.82, 2.24) is 4.90 Å². The predicted molar refractivity (Wildman–Crippen MR) is 106 cm³/mol. The summed E-state index contributed by atoms with van der Waals surface area (Å²) in [6.45, 7) is 3.57. The first-order chi connectivity index (χ1) is 13.8. The van der Waals surface area contributed by atoms with Gasteiger partial charge in [-0.3, -0.25) is 9.59 Å². The molecule has 0 aliphatic carbocycles. The Hall–Kier alpha value is -3.41. The molecule has 2 aromatic carbocycles. The van der Waals surface area contributed by atoms with E-state index in [0.717, 1.165) is 5.56 Å². The van der Waals surface area contributed by atoms with Crippen molar-refractivity contribution >= 4 is 23.2 Å². The second kappa shape index (κ2) is 6.58. The highest BCUT2D eigenvalue weighted by Crippen LogP contribution is 2.47. The van der Waals surface area contributed by atoms with Gasteiger partial charge in [0.25, 0.3) is 11.5 Å². The first-order valence-electron chi connectivity index (χ1n) is 9.31. The van der Waals surface area contributed by atoms with Crippen molar-refractivity contribution in [2.24, 2.45) is 0 Å². The zero-order valence-corrected chi connectivity index (χ0v) is 16.5. The molecule has 2 aliphatic rings. The first-order valence-corrected chi connectivity index (χ1v) is 9.31. The molecule has 0 aromatic heterocycles. The number of carbonyl (C=O) groups excluding carboxylic acids is 3. The molecule has 2 heterocycles. The molecule has 1 fully saturated rings. The fraction of sp³-hybridized carbons (Fsp3) is 0.261. The van der Waals surface area contributed by atoms with E-state index in [4.69, 9.17) is 9.47 Å². The Morgan fingerprint density at radius 2 is 1.62 bits per heavy atom. The Labute approximate surface area is 168 Å². The molecule has 6 heteroatoms. The lowest BCUT2D eigenvalue weighted by Gasteiger charge is -2.29. The molecule has 148 valence electrons. The number of ether oxygens (including phenoxy) is 2. The second-order valence-electron chi connectivity index (χ2n) is 7.65. The number of esters is 1. The number of hydrogen-bond donors (Lipinski definition) is 0. The highest BCUT2D eigenvalue weighted by molar-refractivity contribution is 6.31. The number of hydrogen-bond acceptors (Lipinski definition) is 5. The molecule has 29 heavy (non-hydrogen) atoms. The van der Waals surface area contributed by atoms with Crippen molar-refractivity contribution in [3.8, 4) is 5.75 Å². The third-order valence-electron chi connectivity index (χ3n) is 5.58. The maximum atomic E-state index is 13.6. The number of ketones is 1. The zero-order valence-electron chi connectivity index (χ0n) is 16.5. The molecular formula is C23H21NO5. The van der Waals surface area contributed by atoms with Crippen molar-refractivity contribution in [1.29, 1.82) is 0 Å². The van der Waals surface area contributed by atoms with Crippen LogP contribution in [0.4, 0.5) is 0 Å². The number of nitrogens with zero attached hydrogens (tertiary/aromatic N) is 1. The van der Waals surface area contributed by atoms with Gasteiger partial charge in [-0.2, -0.15) is 0 Å². The van der Waals surface area contributed by atoms with Crippen LogP contribution in [0.15, 0.2) is 60.7 Å². The molecule has 2 aromatic rings. The molecule has 1 spiro atoms. The number of rotatable bonds is 4. The molecule has 0 bridgehead atoms. The van der Waals surface area contributed by atoms with Gasteiger partial charge in [-0.1, -0.05) is 42.5 Å². The summed E-state index contributed by atoms with van der Waals surface area (Å²) in [5.74, 6) is -0.950. The Morgan fingerprint density at radius 1 is 0.966 bits per heavy atom. The molecule has 0 N–H and O–H groups in total. The van der Waals surface area contributed by atoms with Crippen LogP contribution in [-0.4, -0.2) is 40.8 Å². The van der Waals surface area contributed by atoms with E-state index in [2.05, 4.69) is 0 Å². The summed E-state index contributed by atoms with van der Waals surface area (Å²) in [6, 6.07) is 16.2. The molecule has 0 saturated carbocycles. The molecule has 1 unspecified atom stereocenters. The Bertz CT molecular complexity index is 1020. The van der Waals surface area contributed by atoms with Crippen molar-refractivity contribution < 1.29 is 23.9 Å². The van der Waals surface area contributed by atoms with E-state index < -0.39 is 28.8 Å². The lowest BCUT2D eigenvalue weighted by molar-refractivity contribution is -0.159. The van der Waals surface area contributed by atoms with E-state index >= 15 is 0 Å². The number of Topliss-reactive ketones (excluding diaryl/α,β-unsaturated/α-hetero) is 1. The van der Waals surface area contributed by atoms with E-state index in [-0.39, 0.29) is 6.54 Å². The average Bonchev–Trinajstić information content (AvgIpc) is 3.15. The Kier molecular flexibility index (Phi) is 4.30. The van der Waals surface area contributed by atoms with E-state index in [1.54, 1.807) is 57.4 Å². The fourth-order valence-corrected chi connectivity index (χ4v) is 3.96. The molecular weight excluding hydrogens is 370 g/mol. The smallest absolute Gasteiger partial charge is 0.333 e. The van der Waals surface area contributed by atoms with Crippen molar-refractivity contribution in [3.05, 3.63) is 71.8 Å². The summed E-state index contributed by atoms with van der Waals surface area (Å²) in [7, 11) is 1.58. The van der Waals surface area contributed by atoms with Crippen LogP contribution in [0.25, 0.3) is 5.57 Å². The summed E-state index contributed by atoms with van der Waals surface area (Å²) >= 11 is 0. The number of carbonyl (C=O) groups is 3. The highest BCUT2D eigenvalue weighted by atomic mass is 16.6. The van der Waals surface area contributed by atoms with Gasteiger partial charge >= 0.3 is 5.97 Å². The van der Waals surface area contributed by atoms with Crippen LogP contribution in [0.1, 0.15) is 25.0 Å². The standard InChI is InChI=1S/C23H21NO5/c1-22(2)20(26)23(18(13-19(25)29-23)16-7-5-4-6-8-16)21(27)24(22)14-15-9-11-17(28-3)12-10-15/h4-13H,14H2,1-3H3. The van der Waals surface area contributed by atoms with Crippen molar-refractivity contribution in [3.63, 3.8) is 0 Å². The minimum Gasteiger partial charge on any atom is -0.497 e. The molecule has 6 nitrogen and oxygen atoms in total. The minimum atomic E-state index is -1.94. The summed E-state index contributed by atoms with van der Waals surface area (Å²) in [5.41, 5.74) is -1.33. The summed E-state index contributed by atoms with van der Waals surface area (Å²) in [4.78, 5) is 40.7. The van der Waals surface area contributed by atoms with Crippen LogP contribution >= 0.6 is 0 Å². The Morgan fingerprint density at radius 3 is 2.24 bits per heavy atom. The van der Waals surface area contributed by atoms with E-state index in [9.17, 15) is 14.4 Å². The van der Waals surface area contributed by atoms with E-state index in [0.29, 0.717) is 16.9 Å². The molecule has 2 aliphatic heterocycles. The fourth-order valence-electron chi connectivity index (χ4n) is 3.96. The van der Waals surface area contributed by atoms with Crippen molar-refractivity contribution in [2.75, 3.05) is 7.11 Å². The van der Waals surface area contributed by atoms with Gasteiger partial charge < -0.3 is 14.4 Å². The topological polar surface area (TPSA) is 72.9 Å². The molecule has 1 atom stereocenters. The number of methoxy groups -OCH3 is 1. The quantitative estimate of drug-likeness (QED) is 0.592. The third-order valence-corrected chi connectivity index (χ3v) is 5.58. The predicted octanol–water partition coefficient (Wildman–Crippen LogP) is 2.76. The van der Waals surface area contributed by atoms with Gasteiger partial charge in [0.05, 0.1) is 7.11 Å². The number of likely N-dealkylation sites (tertiary alicyclic amines) is 1. The van der Waals surface area contributed by atoms with Crippen LogP contribution in [0.3, 0.4) is 0 Å². The number of benzene rings is 2. The SMILES string of the molecule is COc1ccc(CN2C(=O)C3(OC(=O)C=C3c3ccccc3)C(=O)C2(C)C)cc1. The van der Waals surface area contributed by atoms with Gasteiger partial charge in [0.15, 0.2) is 0 Å². The van der Waals surface area contributed by atoms with Gasteiger partial charge in [-0.15, -0.1) is 0 Å². The average molecular weight is 391 g/mol. The van der Waals surface area contributed by atoms with E-state index in [1.165, 1.54) is 11.0 Å². The largest absolute Gasteiger partial charge is 0.497 e. The maximum Gasteiger partial charge on any atom is 0.333 e. The first kappa shape index (κ1) is 18.9. The lowest BCUT2D eigenvalue weighted by Crippen LogP contribution is -2.46. The van der Waals surface area contributed by atoms with Gasteiger partial charge in [-0.25, -0.2) is 4.79 Å². The molecule has 0 radical (unpaired) electrons.